The lowest BCUT2D eigenvalue weighted by Crippen LogP contribution is -1.97. The number of carbonyl (C=O) groups is 1. The van der Waals surface area contributed by atoms with Crippen molar-refractivity contribution in [2.24, 2.45) is 0 Å². The van der Waals surface area contributed by atoms with Crippen LogP contribution in [0.25, 0.3) is 6.08 Å². The summed E-state index contributed by atoms with van der Waals surface area (Å²) in [5.74, 6) is -0.934. The molecule has 0 heterocycles. The standard InChI is InChI=1S/C18H18O7/c1-23-11-8-16(24-2)12(17(9-11)25-3)4-5-13(19)10-6-14(20)18(22)15(21)7-10/h4-9,20-22H,1-3H3/b5-4+. The average Bonchev–Trinajstić information content (AvgIpc) is 2.62. The minimum absolute atomic E-state index is 0.00972. The fourth-order valence-electron chi connectivity index (χ4n) is 2.20. The zero-order valence-corrected chi connectivity index (χ0v) is 13.9. The quantitative estimate of drug-likeness (QED) is 0.419. The number of allylic oxidation sites excluding steroid dienone is 1. The van der Waals surface area contributed by atoms with Gasteiger partial charge in [-0.2, -0.15) is 0 Å². The van der Waals surface area contributed by atoms with Crippen LogP contribution in [0.2, 0.25) is 0 Å². The predicted octanol–water partition coefficient (Wildman–Crippen LogP) is 2.73. The van der Waals surface area contributed by atoms with Gasteiger partial charge in [0.15, 0.2) is 23.0 Å². The lowest BCUT2D eigenvalue weighted by molar-refractivity contribution is 0.104. The Morgan fingerprint density at radius 2 is 1.40 bits per heavy atom. The number of ether oxygens (including phenoxy) is 3. The molecule has 2 aromatic rings. The minimum atomic E-state index is -0.681. The zero-order chi connectivity index (χ0) is 18.6. The molecule has 0 saturated carbocycles. The van der Waals surface area contributed by atoms with E-state index in [1.807, 2.05) is 0 Å². The van der Waals surface area contributed by atoms with Crippen molar-refractivity contribution in [1.29, 1.82) is 0 Å². The number of ketones is 1. The highest BCUT2D eigenvalue weighted by Gasteiger charge is 2.14. The molecule has 0 aliphatic carbocycles. The second kappa shape index (κ2) is 7.48. The van der Waals surface area contributed by atoms with E-state index in [-0.39, 0.29) is 5.56 Å². The highest BCUT2D eigenvalue weighted by molar-refractivity contribution is 6.07. The van der Waals surface area contributed by atoms with Gasteiger partial charge in [-0.3, -0.25) is 4.79 Å². The van der Waals surface area contributed by atoms with Gasteiger partial charge in [-0.25, -0.2) is 0 Å². The van der Waals surface area contributed by atoms with E-state index < -0.39 is 23.0 Å². The first-order valence-corrected chi connectivity index (χ1v) is 7.18. The van der Waals surface area contributed by atoms with E-state index in [1.54, 1.807) is 12.1 Å². The van der Waals surface area contributed by atoms with Crippen LogP contribution in [0.4, 0.5) is 0 Å². The van der Waals surface area contributed by atoms with Crippen molar-refractivity contribution in [1.82, 2.24) is 0 Å². The molecular formula is C18H18O7. The van der Waals surface area contributed by atoms with Gasteiger partial charge in [-0.15, -0.1) is 0 Å². The smallest absolute Gasteiger partial charge is 0.200 e. The molecule has 7 heteroatoms. The van der Waals surface area contributed by atoms with Gasteiger partial charge in [0.2, 0.25) is 0 Å². The van der Waals surface area contributed by atoms with E-state index in [2.05, 4.69) is 0 Å². The largest absolute Gasteiger partial charge is 0.504 e. The molecular weight excluding hydrogens is 328 g/mol. The third kappa shape index (κ3) is 3.77. The Kier molecular flexibility index (Phi) is 5.38. The van der Waals surface area contributed by atoms with E-state index in [9.17, 15) is 20.1 Å². The Morgan fingerprint density at radius 1 is 0.880 bits per heavy atom. The van der Waals surface area contributed by atoms with Crippen LogP contribution in [0.3, 0.4) is 0 Å². The Balaban J connectivity index is 2.40. The Bertz CT molecular complexity index is 776. The first-order chi connectivity index (χ1) is 11.9. The molecule has 0 unspecified atom stereocenters. The molecule has 2 rings (SSSR count). The zero-order valence-electron chi connectivity index (χ0n) is 13.9. The summed E-state index contributed by atoms with van der Waals surface area (Å²) in [5.41, 5.74) is 0.530. The van der Waals surface area contributed by atoms with Crippen molar-refractivity contribution in [2.45, 2.75) is 0 Å². The van der Waals surface area contributed by atoms with Crippen molar-refractivity contribution in [3.8, 4) is 34.5 Å². The number of hydrogen-bond acceptors (Lipinski definition) is 7. The maximum Gasteiger partial charge on any atom is 0.200 e. The van der Waals surface area contributed by atoms with Gasteiger partial charge in [-0.1, -0.05) is 0 Å². The Labute approximate surface area is 144 Å². The highest BCUT2D eigenvalue weighted by Crippen LogP contribution is 2.37. The lowest BCUT2D eigenvalue weighted by atomic mass is 10.1. The van der Waals surface area contributed by atoms with Crippen LogP contribution >= 0.6 is 0 Å². The monoisotopic (exact) mass is 346 g/mol. The van der Waals surface area contributed by atoms with Crippen molar-refractivity contribution in [3.05, 3.63) is 41.5 Å². The molecule has 0 saturated heterocycles. The molecule has 0 aliphatic heterocycles. The maximum absolute atomic E-state index is 12.3. The van der Waals surface area contributed by atoms with E-state index in [4.69, 9.17) is 14.2 Å². The molecule has 7 nitrogen and oxygen atoms in total. The van der Waals surface area contributed by atoms with Crippen molar-refractivity contribution in [3.63, 3.8) is 0 Å². The fraction of sp³-hybridized carbons (Fsp3) is 0.167. The molecule has 25 heavy (non-hydrogen) atoms. The number of benzene rings is 2. The summed E-state index contributed by atoms with van der Waals surface area (Å²) in [6.45, 7) is 0. The normalized spacial score (nSPS) is 10.7. The van der Waals surface area contributed by atoms with Crippen LogP contribution in [0.1, 0.15) is 15.9 Å². The molecule has 0 spiro atoms. The van der Waals surface area contributed by atoms with Gasteiger partial charge in [-0.05, 0) is 24.3 Å². The molecule has 3 N–H and O–H groups in total. The predicted molar refractivity (Wildman–Crippen MR) is 90.9 cm³/mol. The van der Waals surface area contributed by atoms with E-state index in [0.29, 0.717) is 22.8 Å². The molecule has 0 aliphatic rings. The summed E-state index contributed by atoms with van der Waals surface area (Å²) >= 11 is 0. The highest BCUT2D eigenvalue weighted by atomic mass is 16.5. The summed E-state index contributed by atoms with van der Waals surface area (Å²) in [5, 5.41) is 28.3. The summed E-state index contributed by atoms with van der Waals surface area (Å²) in [6.07, 6.45) is 2.72. The Morgan fingerprint density at radius 3 is 1.84 bits per heavy atom. The van der Waals surface area contributed by atoms with Crippen molar-refractivity contribution in [2.75, 3.05) is 21.3 Å². The summed E-state index contributed by atoms with van der Waals surface area (Å²) in [7, 11) is 4.46. The molecule has 0 aromatic heterocycles. The summed E-state index contributed by atoms with van der Waals surface area (Å²) in [4.78, 5) is 12.3. The second-order valence-corrected chi connectivity index (χ2v) is 5.01. The number of carbonyl (C=O) groups excluding carboxylic acids is 1. The maximum atomic E-state index is 12.3. The van der Waals surface area contributed by atoms with Gasteiger partial charge in [0.25, 0.3) is 0 Å². The lowest BCUT2D eigenvalue weighted by Gasteiger charge is -2.12. The number of phenols is 3. The van der Waals surface area contributed by atoms with Gasteiger partial charge in [0, 0.05) is 17.7 Å². The van der Waals surface area contributed by atoms with Crippen LogP contribution in [0.5, 0.6) is 34.5 Å². The van der Waals surface area contributed by atoms with Crippen LogP contribution in [0.15, 0.2) is 30.3 Å². The fourth-order valence-corrected chi connectivity index (χ4v) is 2.20. The van der Waals surface area contributed by atoms with Gasteiger partial charge in [0.05, 0.1) is 26.9 Å². The third-order valence-electron chi connectivity index (χ3n) is 3.51. The number of hydrogen-bond donors (Lipinski definition) is 3. The summed E-state index contributed by atoms with van der Waals surface area (Å²) < 4.78 is 15.7. The average molecular weight is 346 g/mol. The third-order valence-corrected chi connectivity index (χ3v) is 3.51. The van der Waals surface area contributed by atoms with Crippen LogP contribution in [-0.2, 0) is 0 Å². The van der Waals surface area contributed by atoms with Crippen LogP contribution < -0.4 is 14.2 Å². The number of phenolic OH excluding ortho intramolecular Hbond substituents is 3. The van der Waals surface area contributed by atoms with E-state index in [1.165, 1.54) is 33.5 Å². The molecule has 0 radical (unpaired) electrons. The topological polar surface area (TPSA) is 105 Å². The first kappa shape index (κ1) is 18.0. The number of aromatic hydroxyl groups is 3. The molecule has 0 amide bonds. The second-order valence-electron chi connectivity index (χ2n) is 5.01. The van der Waals surface area contributed by atoms with Crippen molar-refractivity contribution < 1.29 is 34.3 Å². The van der Waals surface area contributed by atoms with Gasteiger partial charge in [0.1, 0.15) is 17.2 Å². The van der Waals surface area contributed by atoms with E-state index in [0.717, 1.165) is 12.1 Å². The van der Waals surface area contributed by atoms with Gasteiger partial charge >= 0.3 is 0 Å². The van der Waals surface area contributed by atoms with E-state index >= 15 is 0 Å². The molecule has 2 aromatic carbocycles. The first-order valence-electron chi connectivity index (χ1n) is 7.18. The van der Waals surface area contributed by atoms with Gasteiger partial charge < -0.3 is 29.5 Å². The molecule has 132 valence electrons. The summed E-state index contributed by atoms with van der Waals surface area (Å²) in [6, 6.07) is 5.41. The molecule has 0 bridgehead atoms. The number of methoxy groups -OCH3 is 3. The SMILES string of the molecule is COc1cc(OC)c(/C=C/C(=O)c2cc(O)c(O)c(O)c2)c(OC)c1. The van der Waals surface area contributed by atoms with Crippen LogP contribution in [-0.4, -0.2) is 42.4 Å². The Hall–Kier alpha value is -3.35. The van der Waals surface area contributed by atoms with Crippen molar-refractivity contribution >= 4 is 11.9 Å². The molecule has 0 fully saturated rings. The number of rotatable bonds is 6. The molecule has 0 atom stereocenters. The minimum Gasteiger partial charge on any atom is -0.504 e. The van der Waals surface area contributed by atoms with Crippen LogP contribution in [0, 0.1) is 0 Å².